The molecule has 0 aliphatic rings. The molecule has 1 nitrogen and oxygen atoms in total. The van der Waals surface area contributed by atoms with Gasteiger partial charge in [-0.2, -0.15) is 0 Å². The number of hydrogen-bond acceptors (Lipinski definition) is 0. The molecule has 0 unspecified atom stereocenters. The van der Waals surface area contributed by atoms with Gasteiger partial charge >= 0.3 is 0 Å². The Labute approximate surface area is 44.8 Å². The molecule has 0 heterocycles. The Morgan fingerprint density at radius 1 is 1.40 bits per heavy atom. The molecule has 0 fully saturated rings. The zero-order chi connectivity index (χ0) is 2.71. The largest absolute Gasteiger partial charge is 1.00 e. The molecule has 0 aromatic heterocycles. The van der Waals surface area contributed by atoms with Gasteiger partial charge in [-0.15, -0.1) is 0 Å². The highest BCUT2D eigenvalue weighted by Gasteiger charge is 1.37. The minimum absolute atomic E-state index is 0. The zero-order valence-electron chi connectivity index (χ0n) is 3.17. The Morgan fingerprint density at radius 2 is 1.40 bits per heavy atom. The van der Waals surface area contributed by atoms with Crippen LogP contribution in [0, 0.1) is 0 Å². The monoisotopic (exact) mass is 116 g/mol. The van der Waals surface area contributed by atoms with Gasteiger partial charge in [-0.05, 0) is 6.92 Å². The van der Waals surface area contributed by atoms with Gasteiger partial charge in [-0.3, -0.25) is 0 Å². The van der Waals surface area contributed by atoms with E-state index in [-0.39, 0.29) is 24.8 Å². The van der Waals surface area contributed by atoms with Crippen LogP contribution < -0.4 is 30.5 Å². The molecule has 0 saturated heterocycles. The van der Waals surface area contributed by atoms with Gasteiger partial charge in [0.1, 0.15) is 0 Å². The molecule has 0 amide bonds. The lowest BCUT2D eigenvalue weighted by Crippen LogP contribution is -3.00. The summed E-state index contributed by atoms with van der Waals surface area (Å²) in [4.78, 5) is 0. The van der Waals surface area contributed by atoms with Crippen molar-refractivity contribution in [3.05, 3.63) is 0 Å². The van der Waals surface area contributed by atoms with Crippen molar-refractivity contribution >= 4 is 0 Å². The maximum atomic E-state index is 3.49. The first kappa shape index (κ1) is 17.7. The average molecular weight is 117 g/mol. The fourth-order valence-corrected chi connectivity index (χ4v) is 0. The lowest BCUT2D eigenvalue weighted by atomic mass is 10.8. The molecule has 0 aromatic carbocycles. The van der Waals surface area contributed by atoms with Crippen LogP contribution in [0.1, 0.15) is 6.92 Å². The normalized spacial score (nSPS) is 3.60. The molecule has 3 heteroatoms. The van der Waals surface area contributed by atoms with E-state index in [4.69, 9.17) is 0 Å². The first-order valence-electron chi connectivity index (χ1n) is 1.21. The highest BCUT2D eigenvalue weighted by Crippen LogP contribution is 1.13. The molecular weight excluding hydrogens is 109 g/mol. The fraction of sp³-hybridized carbons (Fsp3) is 1.00. The number of halogens is 2. The second-order valence-corrected chi connectivity index (χ2v) is 0.500. The van der Waals surface area contributed by atoms with E-state index in [1.54, 1.807) is 0 Å². The summed E-state index contributed by atoms with van der Waals surface area (Å²) in [6.45, 7) is 3.01. The van der Waals surface area contributed by atoms with Crippen LogP contribution in [0.15, 0.2) is 0 Å². The first-order chi connectivity index (χ1) is 1.41. The van der Waals surface area contributed by atoms with Crippen molar-refractivity contribution < 1.29 is 30.5 Å². The third-order valence-electron chi connectivity index (χ3n) is 0. The third kappa shape index (κ3) is 100. The SMILES string of the molecule is CC[NH3+].[Cl-].[Cl-]. The Morgan fingerprint density at radius 3 is 1.40 bits per heavy atom. The van der Waals surface area contributed by atoms with Crippen molar-refractivity contribution in [3.8, 4) is 0 Å². The van der Waals surface area contributed by atoms with Crippen LogP contribution in [0.25, 0.3) is 0 Å². The van der Waals surface area contributed by atoms with Gasteiger partial charge in [0.2, 0.25) is 0 Å². The van der Waals surface area contributed by atoms with E-state index < -0.39 is 0 Å². The summed E-state index contributed by atoms with van der Waals surface area (Å²) in [7, 11) is 0. The lowest BCUT2D eigenvalue weighted by molar-refractivity contribution is -0.361. The maximum Gasteiger partial charge on any atom is 0.0711 e. The highest BCUT2D eigenvalue weighted by molar-refractivity contribution is 3.79. The predicted octanol–water partition coefficient (Wildman–Crippen LogP) is -6.74. The molecule has 0 atom stereocenters. The van der Waals surface area contributed by atoms with Crippen LogP contribution in [-0.4, -0.2) is 6.54 Å². The van der Waals surface area contributed by atoms with Crippen LogP contribution in [0.4, 0.5) is 0 Å². The second-order valence-electron chi connectivity index (χ2n) is 0.500. The lowest BCUT2D eigenvalue weighted by Gasteiger charge is -1.49. The summed E-state index contributed by atoms with van der Waals surface area (Å²) in [6, 6.07) is 0. The smallest absolute Gasteiger partial charge is 0.0711 e. The Bertz CT molecular complexity index is 7.61. The minimum Gasteiger partial charge on any atom is -1.00 e. The zero-order valence-corrected chi connectivity index (χ0v) is 4.68. The van der Waals surface area contributed by atoms with Gasteiger partial charge in [0, 0.05) is 0 Å². The summed E-state index contributed by atoms with van der Waals surface area (Å²) in [5, 5.41) is 0. The Hall–Kier alpha value is 0.540. The molecule has 3 N–H and O–H groups in total. The van der Waals surface area contributed by atoms with Gasteiger partial charge in [0.25, 0.3) is 0 Å². The van der Waals surface area contributed by atoms with Crippen LogP contribution in [-0.2, 0) is 0 Å². The van der Waals surface area contributed by atoms with E-state index in [9.17, 15) is 0 Å². The maximum absolute atomic E-state index is 3.49. The average Bonchev–Trinajstić information content (AvgIpc) is 0.918. The number of rotatable bonds is 0. The molecular formula is C2H8Cl2N-. The summed E-state index contributed by atoms with van der Waals surface area (Å²) >= 11 is 0. The van der Waals surface area contributed by atoms with Crippen LogP contribution in [0.3, 0.4) is 0 Å². The minimum atomic E-state index is 0. The highest BCUT2D eigenvalue weighted by atomic mass is 35.5. The Kier molecular flexibility index (Phi) is 84.9. The molecule has 0 aromatic rings. The Balaban J connectivity index is -0.0000000200. The first-order valence-corrected chi connectivity index (χ1v) is 1.21. The second kappa shape index (κ2) is 24.0. The van der Waals surface area contributed by atoms with E-state index in [2.05, 4.69) is 5.73 Å². The summed E-state index contributed by atoms with van der Waals surface area (Å²) in [6.07, 6.45) is 0. The third-order valence-corrected chi connectivity index (χ3v) is 0. The van der Waals surface area contributed by atoms with Crippen molar-refractivity contribution in [3.63, 3.8) is 0 Å². The van der Waals surface area contributed by atoms with Gasteiger partial charge in [-0.25, -0.2) is 0 Å². The van der Waals surface area contributed by atoms with Gasteiger partial charge in [0.15, 0.2) is 0 Å². The molecule has 0 bridgehead atoms. The van der Waals surface area contributed by atoms with Crippen molar-refractivity contribution in [2.45, 2.75) is 6.92 Å². The van der Waals surface area contributed by atoms with E-state index >= 15 is 0 Å². The molecule has 0 aliphatic carbocycles. The quantitative estimate of drug-likeness (QED) is 0.326. The molecule has 36 valence electrons. The molecule has 0 saturated carbocycles. The van der Waals surface area contributed by atoms with Gasteiger partial charge in [-0.1, -0.05) is 0 Å². The fourth-order valence-electron chi connectivity index (χ4n) is 0. The van der Waals surface area contributed by atoms with E-state index in [0.29, 0.717) is 0 Å². The molecule has 5 heavy (non-hydrogen) atoms. The van der Waals surface area contributed by atoms with Crippen molar-refractivity contribution in [1.82, 2.24) is 0 Å². The van der Waals surface area contributed by atoms with Gasteiger partial charge < -0.3 is 30.5 Å². The summed E-state index contributed by atoms with van der Waals surface area (Å²) in [5.74, 6) is 0. The van der Waals surface area contributed by atoms with Crippen LogP contribution in [0.2, 0.25) is 0 Å². The summed E-state index contributed by atoms with van der Waals surface area (Å²) < 4.78 is 0. The van der Waals surface area contributed by atoms with E-state index in [0.717, 1.165) is 6.54 Å². The van der Waals surface area contributed by atoms with Crippen LogP contribution in [0.5, 0.6) is 0 Å². The topological polar surface area (TPSA) is 27.6 Å². The predicted molar refractivity (Wildman–Crippen MR) is 13.4 cm³/mol. The number of quaternary nitrogens is 1. The molecule has 0 spiro atoms. The van der Waals surface area contributed by atoms with Gasteiger partial charge in [0.05, 0.1) is 6.54 Å². The molecule has 0 aliphatic heterocycles. The van der Waals surface area contributed by atoms with E-state index in [1.165, 1.54) is 0 Å². The van der Waals surface area contributed by atoms with Crippen molar-refractivity contribution in [2.75, 3.05) is 6.54 Å². The van der Waals surface area contributed by atoms with Crippen molar-refractivity contribution in [2.24, 2.45) is 0 Å². The summed E-state index contributed by atoms with van der Waals surface area (Å²) in [5.41, 5.74) is 3.49. The number of hydrogen-bond donors (Lipinski definition) is 1. The van der Waals surface area contributed by atoms with Crippen molar-refractivity contribution in [1.29, 1.82) is 0 Å². The standard InChI is InChI=1S/C2H7N.2ClH/c1-2-3;;/h2-3H2,1H3;2*1H/p-1. The molecule has 0 rings (SSSR count). The molecule has 0 radical (unpaired) electrons. The van der Waals surface area contributed by atoms with E-state index in [1.807, 2.05) is 6.92 Å². The van der Waals surface area contributed by atoms with Crippen LogP contribution >= 0.6 is 0 Å².